The molecule has 0 fully saturated rings. The average molecular weight is 286 g/mol. The Hall–Kier alpha value is -0.0800. The SMILES string of the molecule is CCCCCCCCCCCCOOCCCCCC. The Bertz CT molecular complexity index is 141. The van der Waals surface area contributed by atoms with Gasteiger partial charge in [-0.1, -0.05) is 90.9 Å². The molecule has 0 aliphatic heterocycles. The molecule has 0 saturated heterocycles. The number of hydrogen-bond donors (Lipinski definition) is 0. The highest BCUT2D eigenvalue weighted by Crippen LogP contribution is 2.10. The molecule has 2 nitrogen and oxygen atoms in total. The van der Waals surface area contributed by atoms with Crippen LogP contribution in [-0.4, -0.2) is 13.2 Å². The Kier molecular flexibility index (Phi) is 18.8. The first kappa shape index (κ1) is 19.9. The van der Waals surface area contributed by atoms with E-state index in [0.29, 0.717) is 0 Å². The highest BCUT2D eigenvalue weighted by Gasteiger charge is 1.94. The third-order valence-electron chi connectivity index (χ3n) is 3.75. The van der Waals surface area contributed by atoms with Gasteiger partial charge < -0.3 is 0 Å². The molecule has 0 amide bonds. The van der Waals surface area contributed by atoms with Gasteiger partial charge in [-0.2, -0.15) is 0 Å². The first-order valence-corrected chi connectivity index (χ1v) is 9.16. The summed E-state index contributed by atoms with van der Waals surface area (Å²) in [5, 5.41) is 0. The third kappa shape index (κ3) is 17.9. The van der Waals surface area contributed by atoms with E-state index in [4.69, 9.17) is 9.78 Å². The van der Waals surface area contributed by atoms with E-state index in [1.807, 2.05) is 0 Å². The summed E-state index contributed by atoms with van der Waals surface area (Å²) in [6.07, 6.45) is 18.6. The van der Waals surface area contributed by atoms with Gasteiger partial charge in [0.2, 0.25) is 0 Å². The van der Waals surface area contributed by atoms with Gasteiger partial charge >= 0.3 is 0 Å². The molecular weight excluding hydrogens is 248 g/mol. The smallest absolute Gasteiger partial charge is 0.0822 e. The van der Waals surface area contributed by atoms with E-state index in [1.165, 1.54) is 77.0 Å². The van der Waals surface area contributed by atoms with Crippen LogP contribution >= 0.6 is 0 Å². The van der Waals surface area contributed by atoms with Crippen LogP contribution in [0, 0.1) is 0 Å². The zero-order valence-corrected chi connectivity index (χ0v) is 14.1. The maximum absolute atomic E-state index is 5.19. The summed E-state index contributed by atoms with van der Waals surface area (Å²) < 4.78 is 0. The van der Waals surface area contributed by atoms with Crippen LogP contribution in [0.4, 0.5) is 0 Å². The molecule has 0 unspecified atom stereocenters. The van der Waals surface area contributed by atoms with Crippen molar-refractivity contribution in [3.05, 3.63) is 0 Å². The molecule has 0 aromatic rings. The molecule has 0 heterocycles. The Balaban J connectivity index is 2.89. The van der Waals surface area contributed by atoms with Gasteiger partial charge in [0, 0.05) is 0 Å². The van der Waals surface area contributed by atoms with E-state index in [0.717, 1.165) is 26.1 Å². The van der Waals surface area contributed by atoms with Crippen molar-refractivity contribution in [2.45, 2.75) is 104 Å². The van der Waals surface area contributed by atoms with E-state index in [9.17, 15) is 0 Å². The molecule has 0 rings (SSSR count). The fourth-order valence-corrected chi connectivity index (χ4v) is 2.35. The van der Waals surface area contributed by atoms with Gasteiger partial charge in [-0.05, 0) is 12.8 Å². The van der Waals surface area contributed by atoms with E-state index >= 15 is 0 Å². The Morgan fingerprint density at radius 1 is 0.400 bits per heavy atom. The van der Waals surface area contributed by atoms with E-state index in [1.54, 1.807) is 0 Å². The molecule has 0 aromatic carbocycles. The molecule has 122 valence electrons. The summed E-state index contributed by atoms with van der Waals surface area (Å²) in [5.74, 6) is 0. The molecule has 0 radical (unpaired) electrons. The number of unbranched alkanes of at least 4 members (excludes halogenated alkanes) is 12. The van der Waals surface area contributed by atoms with Crippen molar-refractivity contribution in [1.82, 2.24) is 0 Å². The van der Waals surface area contributed by atoms with Gasteiger partial charge in [0.05, 0.1) is 13.2 Å². The summed E-state index contributed by atoms with van der Waals surface area (Å²) in [7, 11) is 0. The lowest BCUT2D eigenvalue weighted by Gasteiger charge is -2.04. The summed E-state index contributed by atoms with van der Waals surface area (Å²) >= 11 is 0. The van der Waals surface area contributed by atoms with Crippen molar-refractivity contribution >= 4 is 0 Å². The van der Waals surface area contributed by atoms with Crippen LogP contribution in [-0.2, 0) is 9.78 Å². The summed E-state index contributed by atoms with van der Waals surface area (Å²) in [5.41, 5.74) is 0. The largest absolute Gasteiger partial charge is 0.237 e. The molecule has 0 atom stereocenters. The zero-order valence-electron chi connectivity index (χ0n) is 14.1. The monoisotopic (exact) mass is 286 g/mol. The standard InChI is InChI=1S/C18H38O2/c1-3-5-7-9-10-11-12-13-14-16-18-20-19-17-15-8-6-4-2/h3-18H2,1-2H3. The van der Waals surface area contributed by atoms with Crippen LogP contribution in [0.1, 0.15) is 104 Å². The summed E-state index contributed by atoms with van der Waals surface area (Å²) in [4.78, 5) is 10.3. The third-order valence-corrected chi connectivity index (χ3v) is 3.75. The predicted octanol–water partition coefficient (Wildman–Crippen LogP) is 6.44. The van der Waals surface area contributed by atoms with Crippen molar-refractivity contribution in [3.8, 4) is 0 Å². The quantitative estimate of drug-likeness (QED) is 0.174. The van der Waals surface area contributed by atoms with Gasteiger partial charge in [0.25, 0.3) is 0 Å². The number of rotatable bonds is 17. The van der Waals surface area contributed by atoms with Crippen molar-refractivity contribution in [2.75, 3.05) is 13.2 Å². The minimum absolute atomic E-state index is 0.762. The topological polar surface area (TPSA) is 18.5 Å². The van der Waals surface area contributed by atoms with Crippen molar-refractivity contribution in [1.29, 1.82) is 0 Å². The lowest BCUT2D eigenvalue weighted by atomic mass is 10.1. The second-order valence-electron chi connectivity index (χ2n) is 5.89. The second kappa shape index (κ2) is 18.9. The molecule has 0 aliphatic carbocycles. The van der Waals surface area contributed by atoms with Gasteiger partial charge in [-0.25, -0.2) is 9.78 Å². The van der Waals surface area contributed by atoms with Crippen LogP contribution in [0.15, 0.2) is 0 Å². The van der Waals surface area contributed by atoms with Gasteiger partial charge in [0.1, 0.15) is 0 Å². The summed E-state index contributed by atoms with van der Waals surface area (Å²) in [6.45, 7) is 6.03. The fraction of sp³-hybridized carbons (Fsp3) is 1.00. The van der Waals surface area contributed by atoms with Gasteiger partial charge in [-0.3, -0.25) is 0 Å². The maximum Gasteiger partial charge on any atom is 0.0822 e. The zero-order chi connectivity index (χ0) is 14.7. The van der Waals surface area contributed by atoms with E-state index < -0.39 is 0 Å². The molecule has 0 aliphatic rings. The highest BCUT2D eigenvalue weighted by molar-refractivity contribution is 4.47. The number of hydrogen-bond acceptors (Lipinski definition) is 2. The molecule has 0 saturated carbocycles. The molecule has 0 bridgehead atoms. The minimum atomic E-state index is 0.762. The molecule has 20 heavy (non-hydrogen) atoms. The average Bonchev–Trinajstić information content (AvgIpc) is 2.47. The van der Waals surface area contributed by atoms with Gasteiger partial charge in [0.15, 0.2) is 0 Å². The van der Waals surface area contributed by atoms with Crippen LogP contribution in [0.3, 0.4) is 0 Å². The lowest BCUT2D eigenvalue weighted by Crippen LogP contribution is -1.99. The minimum Gasteiger partial charge on any atom is -0.237 e. The van der Waals surface area contributed by atoms with Crippen LogP contribution in [0.2, 0.25) is 0 Å². The first-order chi connectivity index (χ1) is 9.91. The molecular formula is C18H38O2. The molecule has 0 aromatic heterocycles. The van der Waals surface area contributed by atoms with Crippen molar-refractivity contribution in [2.24, 2.45) is 0 Å². The molecule has 2 heteroatoms. The van der Waals surface area contributed by atoms with Crippen LogP contribution < -0.4 is 0 Å². The van der Waals surface area contributed by atoms with Crippen LogP contribution in [0.5, 0.6) is 0 Å². The highest BCUT2D eigenvalue weighted by atomic mass is 17.2. The predicted molar refractivity (Wildman–Crippen MR) is 87.9 cm³/mol. The lowest BCUT2D eigenvalue weighted by molar-refractivity contribution is -0.295. The molecule has 0 spiro atoms. The molecule has 0 N–H and O–H groups in total. The van der Waals surface area contributed by atoms with E-state index in [2.05, 4.69) is 13.8 Å². The second-order valence-corrected chi connectivity index (χ2v) is 5.89. The summed E-state index contributed by atoms with van der Waals surface area (Å²) in [6, 6.07) is 0. The van der Waals surface area contributed by atoms with Crippen molar-refractivity contribution < 1.29 is 9.78 Å². The van der Waals surface area contributed by atoms with Crippen LogP contribution in [0.25, 0.3) is 0 Å². The Morgan fingerprint density at radius 2 is 0.700 bits per heavy atom. The van der Waals surface area contributed by atoms with Crippen molar-refractivity contribution in [3.63, 3.8) is 0 Å². The van der Waals surface area contributed by atoms with Gasteiger partial charge in [-0.15, -0.1) is 0 Å². The maximum atomic E-state index is 5.19. The first-order valence-electron chi connectivity index (χ1n) is 9.16. The Labute approximate surface area is 127 Å². The Morgan fingerprint density at radius 3 is 1.10 bits per heavy atom. The normalized spacial score (nSPS) is 11.1. The fourth-order valence-electron chi connectivity index (χ4n) is 2.35. The van der Waals surface area contributed by atoms with E-state index in [-0.39, 0.29) is 0 Å².